The maximum Gasteiger partial charge on any atom is 0.110 e. The summed E-state index contributed by atoms with van der Waals surface area (Å²) < 4.78 is 12.2. The Morgan fingerprint density at radius 2 is 1.90 bits per heavy atom. The molecule has 62 valence electrons. The van der Waals surface area contributed by atoms with Crippen LogP contribution in [0.3, 0.4) is 0 Å². The highest BCUT2D eigenvalue weighted by molar-refractivity contribution is 4.54. The molecule has 2 heteroatoms. The number of hydrogen-bond acceptors (Lipinski definition) is 1. The maximum atomic E-state index is 12.2. The van der Waals surface area contributed by atoms with E-state index in [-0.39, 0.29) is 0 Å². The average Bonchev–Trinajstić information content (AvgIpc) is 1.79. The highest BCUT2D eigenvalue weighted by atomic mass is 19.1. The molecule has 0 radical (unpaired) electrons. The Labute approximate surface area is 63.0 Å². The Kier molecular flexibility index (Phi) is 5.60. The van der Waals surface area contributed by atoms with Crippen molar-refractivity contribution in [3.63, 3.8) is 0 Å². The Morgan fingerprint density at radius 3 is 2.30 bits per heavy atom. The van der Waals surface area contributed by atoms with Crippen molar-refractivity contribution in [3.05, 3.63) is 0 Å². The molecule has 1 N–H and O–H groups in total. The first-order valence-electron chi connectivity index (χ1n) is 3.97. The molecule has 0 rings (SSSR count). The van der Waals surface area contributed by atoms with E-state index < -0.39 is 6.17 Å². The van der Waals surface area contributed by atoms with E-state index in [1.807, 2.05) is 0 Å². The smallest absolute Gasteiger partial charge is 0.110 e. The minimum atomic E-state index is -0.716. The average molecular weight is 147 g/mol. The van der Waals surface area contributed by atoms with Gasteiger partial charge in [0.25, 0.3) is 0 Å². The lowest BCUT2D eigenvalue weighted by atomic mass is 10.1. The van der Waals surface area contributed by atoms with Gasteiger partial charge in [0.15, 0.2) is 0 Å². The quantitative estimate of drug-likeness (QED) is 0.586. The summed E-state index contributed by atoms with van der Waals surface area (Å²) in [5.41, 5.74) is 0. The third-order valence-electron chi connectivity index (χ3n) is 1.32. The molecule has 0 saturated heterocycles. The molecule has 0 aromatic carbocycles. The number of halogens is 1. The third-order valence-corrected chi connectivity index (χ3v) is 1.32. The third kappa shape index (κ3) is 7.89. The highest BCUT2D eigenvalue weighted by Crippen LogP contribution is 1.96. The molecular weight excluding hydrogens is 129 g/mol. The monoisotopic (exact) mass is 147 g/mol. The SMILES string of the molecule is CC(C)CCNC[C@H](C)F. The van der Waals surface area contributed by atoms with Crippen molar-refractivity contribution in [1.82, 2.24) is 5.32 Å². The van der Waals surface area contributed by atoms with Gasteiger partial charge in [-0.15, -0.1) is 0 Å². The molecule has 0 amide bonds. The molecule has 0 bridgehead atoms. The number of rotatable bonds is 5. The number of hydrogen-bond donors (Lipinski definition) is 1. The van der Waals surface area contributed by atoms with Gasteiger partial charge in [-0.3, -0.25) is 0 Å². The predicted octanol–water partition coefficient (Wildman–Crippen LogP) is 1.98. The first kappa shape index (κ1) is 9.89. The summed E-state index contributed by atoms with van der Waals surface area (Å²) in [7, 11) is 0. The summed E-state index contributed by atoms with van der Waals surface area (Å²) in [4.78, 5) is 0. The van der Waals surface area contributed by atoms with Crippen LogP contribution in [-0.4, -0.2) is 19.3 Å². The standard InChI is InChI=1S/C8H18FN/c1-7(2)4-5-10-6-8(3)9/h7-8,10H,4-6H2,1-3H3/t8-/m0/s1. The van der Waals surface area contributed by atoms with Gasteiger partial charge in [-0.25, -0.2) is 4.39 Å². The van der Waals surface area contributed by atoms with Gasteiger partial charge in [-0.2, -0.15) is 0 Å². The lowest BCUT2D eigenvalue weighted by molar-refractivity contribution is 0.341. The van der Waals surface area contributed by atoms with Crippen LogP contribution in [0.1, 0.15) is 27.2 Å². The molecule has 0 heterocycles. The summed E-state index contributed by atoms with van der Waals surface area (Å²) in [6.45, 7) is 7.34. The molecule has 0 aromatic rings. The predicted molar refractivity (Wildman–Crippen MR) is 42.9 cm³/mol. The second kappa shape index (κ2) is 5.66. The van der Waals surface area contributed by atoms with E-state index in [1.165, 1.54) is 0 Å². The zero-order valence-electron chi connectivity index (χ0n) is 7.15. The van der Waals surface area contributed by atoms with Gasteiger partial charge in [0.05, 0.1) is 0 Å². The van der Waals surface area contributed by atoms with Gasteiger partial charge in [-0.05, 0) is 25.8 Å². The largest absolute Gasteiger partial charge is 0.314 e. The van der Waals surface area contributed by atoms with E-state index in [1.54, 1.807) is 6.92 Å². The summed E-state index contributed by atoms with van der Waals surface area (Å²) in [6, 6.07) is 0. The van der Waals surface area contributed by atoms with Crippen molar-refractivity contribution in [2.45, 2.75) is 33.4 Å². The minimum absolute atomic E-state index is 0.493. The summed E-state index contributed by atoms with van der Waals surface area (Å²) in [6.07, 6.45) is 0.416. The Balaban J connectivity index is 2.91. The Bertz CT molecular complexity index is 61.7. The lowest BCUT2D eigenvalue weighted by Gasteiger charge is -2.06. The fraction of sp³-hybridized carbons (Fsp3) is 1.00. The number of nitrogens with one attached hydrogen (secondary N) is 1. The van der Waals surface area contributed by atoms with Crippen LogP contribution in [0.5, 0.6) is 0 Å². The van der Waals surface area contributed by atoms with E-state index in [4.69, 9.17) is 0 Å². The topological polar surface area (TPSA) is 12.0 Å². The van der Waals surface area contributed by atoms with Gasteiger partial charge < -0.3 is 5.32 Å². The van der Waals surface area contributed by atoms with Crippen molar-refractivity contribution in [2.75, 3.05) is 13.1 Å². The fourth-order valence-electron chi connectivity index (χ4n) is 0.692. The molecule has 10 heavy (non-hydrogen) atoms. The van der Waals surface area contributed by atoms with Gasteiger partial charge in [0.2, 0.25) is 0 Å². The van der Waals surface area contributed by atoms with Crippen LogP contribution >= 0.6 is 0 Å². The van der Waals surface area contributed by atoms with Crippen LogP contribution in [0.2, 0.25) is 0 Å². The first-order chi connectivity index (χ1) is 4.63. The van der Waals surface area contributed by atoms with Gasteiger partial charge in [-0.1, -0.05) is 13.8 Å². The second-order valence-corrected chi connectivity index (χ2v) is 3.17. The second-order valence-electron chi connectivity index (χ2n) is 3.17. The van der Waals surface area contributed by atoms with E-state index in [0.717, 1.165) is 13.0 Å². The van der Waals surface area contributed by atoms with E-state index in [2.05, 4.69) is 19.2 Å². The summed E-state index contributed by atoms with van der Waals surface area (Å²) >= 11 is 0. The zero-order chi connectivity index (χ0) is 7.98. The number of alkyl halides is 1. The molecule has 0 saturated carbocycles. The van der Waals surface area contributed by atoms with Crippen molar-refractivity contribution >= 4 is 0 Å². The van der Waals surface area contributed by atoms with Gasteiger partial charge in [0, 0.05) is 6.54 Å². The molecule has 0 aliphatic carbocycles. The van der Waals surface area contributed by atoms with E-state index in [0.29, 0.717) is 12.5 Å². The molecule has 0 unspecified atom stereocenters. The van der Waals surface area contributed by atoms with Crippen LogP contribution in [-0.2, 0) is 0 Å². The van der Waals surface area contributed by atoms with Crippen LogP contribution in [0, 0.1) is 5.92 Å². The van der Waals surface area contributed by atoms with Crippen molar-refractivity contribution in [1.29, 1.82) is 0 Å². The molecule has 1 atom stereocenters. The van der Waals surface area contributed by atoms with Crippen LogP contribution in [0.4, 0.5) is 4.39 Å². The fourth-order valence-corrected chi connectivity index (χ4v) is 0.692. The minimum Gasteiger partial charge on any atom is -0.314 e. The molecule has 1 nitrogen and oxygen atoms in total. The van der Waals surface area contributed by atoms with Crippen LogP contribution in [0.25, 0.3) is 0 Å². The van der Waals surface area contributed by atoms with Crippen LogP contribution < -0.4 is 5.32 Å². The van der Waals surface area contributed by atoms with E-state index in [9.17, 15) is 4.39 Å². The highest BCUT2D eigenvalue weighted by Gasteiger charge is 1.96. The Morgan fingerprint density at radius 1 is 1.30 bits per heavy atom. The molecule has 0 aliphatic rings. The van der Waals surface area contributed by atoms with Gasteiger partial charge in [0.1, 0.15) is 6.17 Å². The van der Waals surface area contributed by atoms with Crippen molar-refractivity contribution in [3.8, 4) is 0 Å². The van der Waals surface area contributed by atoms with Gasteiger partial charge >= 0.3 is 0 Å². The first-order valence-corrected chi connectivity index (χ1v) is 3.97. The van der Waals surface area contributed by atoms with Crippen molar-refractivity contribution < 1.29 is 4.39 Å². The van der Waals surface area contributed by atoms with Crippen LogP contribution in [0.15, 0.2) is 0 Å². The molecule has 0 fully saturated rings. The maximum absolute atomic E-state index is 12.2. The van der Waals surface area contributed by atoms with E-state index >= 15 is 0 Å². The Hall–Kier alpha value is -0.110. The molecule has 0 aliphatic heterocycles. The normalized spacial score (nSPS) is 14.1. The summed E-state index contributed by atoms with van der Waals surface area (Å²) in [5, 5.41) is 3.04. The molecule has 0 spiro atoms. The molecular formula is C8H18FN. The lowest BCUT2D eigenvalue weighted by Crippen LogP contribution is -2.23. The summed E-state index contributed by atoms with van der Waals surface area (Å²) in [5.74, 6) is 0.711. The van der Waals surface area contributed by atoms with Crippen molar-refractivity contribution in [2.24, 2.45) is 5.92 Å². The molecule has 0 aromatic heterocycles. The zero-order valence-corrected chi connectivity index (χ0v) is 7.15.